The number of fused-ring (bicyclic) bond motifs is 15. The van der Waals surface area contributed by atoms with E-state index >= 15 is 0 Å². The summed E-state index contributed by atoms with van der Waals surface area (Å²) in [6.45, 7) is 20.4. The van der Waals surface area contributed by atoms with Crippen molar-refractivity contribution in [1.29, 1.82) is 0 Å². The predicted molar refractivity (Wildman–Crippen MR) is 324 cm³/mol. The van der Waals surface area contributed by atoms with E-state index < -0.39 is 5.41 Å². The number of benzene rings is 9. The van der Waals surface area contributed by atoms with Crippen molar-refractivity contribution in [2.45, 2.75) is 64.7 Å². The van der Waals surface area contributed by atoms with Crippen LogP contribution in [0.1, 0.15) is 81.8 Å². The van der Waals surface area contributed by atoms with Crippen molar-refractivity contribution in [3.05, 3.63) is 258 Å². The summed E-state index contributed by atoms with van der Waals surface area (Å²) in [5, 5.41) is 5.05. The van der Waals surface area contributed by atoms with E-state index in [0.717, 1.165) is 28.4 Å². The molecule has 1 atom stereocenters. The van der Waals surface area contributed by atoms with E-state index in [1.165, 1.54) is 103 Å². The van der Waals surface area contributed by atoms with Crippen molar-refractivity contribution in [3.8, 4) is 11.1 Å². The van der Waals surface area contributed by atoms with Crippen LogP contribution >= 0.6 is 11.3 Å². The van der Waals surface area contributed by atoms with Gasteiger partial charge in [0.25, 0.3) is 0 Å². The van der Waals surface area contributed by atoms with E-state index in [0.29, 0.717) is 0 Å². The molecule has 0 radical (unpaired) electrons. The number of hydrogen-bond donors (Lipinski definition) is 0. The number of allylic oxidation sites excluding steroid dienone is 5. The predicted octanol–water partition coefficient (Wildman–Crippen LogP) is 20.1. The first-order chi connectivity index (χ1) is 36.3. The van der Waals surface area contributed by atoms with Crippen molar-refractivity contribution in [1.82, 2.24) is 4.57 Å². The Morgan fingerprint density at radius 2 is 1.03 bits per heavy atom. The van der Waals surface area contributed by atoms with Crippen LogP contribution in [-0.4, -0.2) is 4.57 Å². The molecule has 3 nitrogen and oxygen atoms in total. The quantitative estimate of drug-likeness (QED) is 0.141. The Morgan fingerprint density at radius 3 is 1.64 bits per heavy atom. The summed E-state index contributed by atoms with van der Waals surface area (Å²) in [7, 11) is 2.27. The molecular formula is C71H61N3S. The van der Waals surface area contributed by atoms with Crippen LogP contribution in [0.3, 0.4) is 0 Å². The van der Waals surface area contributed by atoms with Crippen LogP contribution in [0.25, 0.3) is 58.7 Å². The molecule has 0 amide bonds. The smallest absolute Gasteiger partial charge is 0.0740 e. The van der Waals surface area contributed by atoms with Crippen molar-refractivity contribution >= 4 is 93.0 Å². The summed E-state index contributed by atoms with van der Waals surface area (Å²) in [5.41, 5.74) is 21.4. The minimum Gasteiger partial charge on any atom is -0.342 e. The van der Waals surface area contributed by atoms with Gasteiger partial charge >= 0.3 is 0 Å². The molecule has 0 bridgehead atoms. The molecule has 75 heavy (non-hydrogen) atoms. The normalized spacial score (nSPS) is 15.2. The van der Waals surface area contributed by atoms with E-state index in [9.17, 15) is 0 Å². The van der Waals surface area contributed by atoms with Crippen molar-refractivity contribution < 1.29 is 0 Å². The molecule has 13 rings (SSSR count). The van der Waals surface area contributed by atoms with Gasteiger partial charge in [0.15, 0.2) is 0 Å². The maximum atomic E-state index is 4.18. The highest BCUT2D eigenvalue weighted by Gasteiger charge is 2.54. The van der Waals surface area contributed by atoms with Gasteiger partial charge in [0, 0.05) is 71.8 Å². The zero-order valence-corrected chi connectivity index (χ0v) is 45.0. The molecule has 4 heteroatoms. The van der Waals surface area contributed by atoms with Gasteiger partial charge in [-0.15, -0.1) is 11.3 Å². The van der Waals surface area contributed by atoms with Gasteiger partial charge in [-0.3, -0.25) is 0 Å². The minimum absolute atomic E-state index is 0.00513. The lowest BCUT2D eigenvalue weighted by molar-refractivity contribution is 0.590. The molecule has 0 N–H and O–H groups in total. The topological polar surface area (TPSA) is 11.4 Å². The Bertz CT molecular complexity index is 4150. The first-order valence-corrected chi connectivity index (χ1v) is 27.2. The van der Waals surface area contributed by atoms with Crippen molar-refractivity contribution in [2.24, 2.45) is 7.05 Å². The van der Waals surface area contributed by atoms with Crippen molar-refractivity contribution in [2.75, 3.05) is 9.80 Å². The van der Waals surface area contributed by atoms with Crippen LogP contribution in [0.2, 0.25) is 0 Å². The Morgan fingerprint density at radius 1 is 0.520 bits per heavy atom. The molecule has 0 saturated heterocycles. The number of para-hydroxylation sites is 3. The number of nitrogens with zero attached hydrogens (tertiary/aromatic N) is 3. The van der Waals surface area contributed by atoms with Crippen LogP contribution in [0.4, 0.5) is 34.1 Å². The lowest BCUT2D eigenvalue weighted by Gasteiger charge is -2.34. The van der Waals surface area contributed by atoms with Gasteiger partial charge in [0.1, 0.15) is 0 Å². The van der Waals surface area contributed by atoms with Gasteiger partial charge in [-0.05, 0) is 141 Å². The lowest BCUT2D eigenvalue weighted by atomic mass is 9.69. The number of rotatable bonds is 8. The van der Waals surface area contributed by atoms with E-state index in [1.807, 2.05) is 17.4 Å². The maximum Gasteiger partial charge on any atom is 0.0740 e. The fourth-order valence-electron chi connectivity index (χ4n) is 12.8. The summed E-state index contributed by atoms with van der Waals surface area (Å²) in [6.07, 6.45) is 6.32. The van der Waals surface area contributed by atoms with Gasteiger partial charge in [-0.2, -0.15) is 0 Å². The van der Waals surface area contributed by atoms with Gasteiger partial charge in [-0.25, -0.2) is 0 Å². The number of aryl methyl sites for hydroxylation is 1. The van der Waals surface area contributed by atoms with Crippen LogP contribution in [0, 0.1) is 0 Å². The molecule has 0 saturated carbocycles. The summed E-state index contributed by atoms with van der Waals surface area (Å²) >= 11 is 1.94. The Kier molecular flexibility index (Phi) is 10.7. The molecule has 9 aromatic carbocycles. The van der Waals surface area contributed by atoms with Gasteiger partial charge in [0.2, 0.25) is 0 Å². The van der Waals surface area contributed by atoms with E-state index in [4.69, 9.17) is 0 Å². The highest BCUT2D eigenvalue weighted by molar-refractivity contribution is 7.26. The zero-order valence-electron chi connectivity index (χ0n) is 44.2. The SMILES string of the molecule is C=C/C=C\C1=C(C)C2(c3ccccc31)c1cc(N(c3ccccc3)c3ccc(C(C)(C)C)cc3)c3c(sc4ccccc43)c1-c1c2cc(N(c2ccccc2)c2ccc(C(C)(C)C)cc2)c2c1c1ccccc1n2C. The molecule has 0 fully saturated rings. The largest absolute Gasteiger partial charge is 0.342 e. The monoisotopic (exact) mass is 987 g/mol. The molecule has 2 aromatic heterocycles. The lowest BCUT2D eigenvalue weighted by Crippen LogP contribution is -2.27. The van der Waals surface area contributed by atoms with Crippen LogP contribution in [0.15, 0.2) is 225 Å². The van der Waals surface area contributed by atoms with Crippen LogP contribution < -0.4 is 9.80 Å². The highest BCUT2D eigenvalue weighted by atomic mass is 32.1. The molecule has 1 spiro atoms. The second kappa shape index (κ2) is 17.2. The second-order valence-corrected chi connectivity index (χ2v) is 23.7. The molecule has 2 aliphatic rings. The third-order valence-electron chi connectivity index (χ3n) is 16.3. The number of hydrogen-bond acceptors (Lipinski definition) is 3. The molecule has 11 aromatic rings. The third-order valence-corrected chi connectivity index (χ3v) is 17.5. The summed E-state index contributed by atoms with van der Waals surface area (Å²) in [5.74, 6) is 0. The molecule has 2 aliphatic carbocycles. The third kappa shape index (κ3) is 6.92. The van der Waals surface area contributed by atoms with E-state index in [1.54, 1.807) is 0 Å². The van der Waals surface area contributed by atoms with E-state index in [-0.39, 0.29) is 10.8 Å². The summed E-state index contributed by atoms with van der Waals surface area (Å²) in [6, 6.07) is 73.2. The first kappa shape index (κ1) is 46.6. The molecular weight excluding hydrogens is 927 g/mol. The molecule has 1 unspecified atom stereocenters. The molecule has 0 aliphatic heterocycles. The van der Waals surface area contributed by atoms with Gasteiger partial charge in [0.05, 0.1) is 22.3 Å². The molecule has 366 valence electrons. The van der Waals surface area contributed by atoms with E-state index in [2.05, 4.69) is 283 Å². The fraction of sp³-hybridized carbons (Fsp3) is 0.155. The second-order valence-electron chi connectivity index (χ2n) is 22.6. The minimum atomic E-state index is -0.696. The standard InChI is InChI=1S/C71H61N3S/c1-10-11-28-52-45(2)71(56-32-21-18-29-53(52)56)57-44-61(74(49-26-16-13-17-27-49)51-41-37-47(38-42-51)70(6,7)8)67-64(54-30-19-22-33-59(54)72(67)9)65(57)66-58(71)43-60(63-55-31-20-23-34-62(55)75-68(63)66)73(48-24-14-12-15-25-48)50-39-35-46(36-40-50)69(3,4)5/h10-44H,1H2,2-9H3/b28-11-. The number of thiophene rings is 1. The Labute approximate surface area is 445 Å². The van der Waals surface area contributed by atoms with Gasteiger partial charge < -0.3 is 14.4 Å². The zero-order chi connectivity index (χ0) is 51.5. The number of aromatic nitrogens is 1. The van der Waals surface area contributed by atoms with Crippen LogP contribution in [-0.2, 0) is 23.3 Å². The average Bonchev–Trinajstić information content (AvgIpc) is 4.21. The first-order valence-electron chi connectivity index (χ1n) is 26.4. The maximum absolute atomic E-state index is 4.18. The number of anilines is 6. The molecule has 2 heterocycles. The summed E-state index contributed by atoms with van der Waals surface area (Å²) in [4.78, 5) is 5.04. The Balaban J connectivity index is 1.24. The van der Waals surface area contributed by atoms with Crippen LogP contribution in [0.5, 0.6) is 0 Å². The fourth-order valence-corrected chi connectivity index (χ4v) is 14.1. The average molecular weight is 988 g/mol. The Hall–Kier alpha value is -8.18. The highest BCUT2D eigenvalue weighted by Crippen LogP contribution is 2.68. The van der Waals surface area contributed by atoms with Crippen molar-refractivity contribution in [3.63, 3.8) is 0 Å². The summed E-state index contributed by atoms with van der Waals surface area (Å²) < 4.78 is 5.03. The van der Waals surface area contributed by atoms with Gasteiger partial charge in [-0.1, -0.05) is 188 Å².